The molecule has 0 aliphatic carbocycles. The second-order valence-corrected chi connectivity index (χ2v) is 3.46. The van der Waals surface area contributed by atoms with E-state index in [1.165, 1.54) is 16.7 Å². The minimum Gasteiger partial charge on any atom is -0.308 e. The monoisotopic (exact) mass is 219 g/mol. The van der Waals surface area contributed by atoms with E-state index in [1.54, 1.807) is 20.0 Å². The molecule has 0 radical (unpaired) electrons. The lowest BCUT2D eigenvalue weighted by atomic mass is 10.2. The van der Waals surface area contributed by atoms with Gasteiger partial charge >= 0.3 is 0 Å². The number of para-hydroxylation sites is 1. The van der Waals surface area contributed by atoms with Crippen LogP contribution in [-0.4, -0.2) is 14.5 Å². The summed E-state index contributed by atoms with van der Waals surface area (Å²) < 4.78 is 1.37. The third kappa shape index (κ3) is 1.35. The van der Waals surface area contributed by atoms with Crippen molar-refractivity contribution >= 4 is 16.7 Å². The van der Waals surface area contributed by atoms with Gasteiger partial charge in [-0.05, 0) is 13.0 Å². The smallest absolute Gasteiger partial charge is 0.296 e. The third-order valence-electron chi connectivity index (χ3n) is 2.45. The summed E-state index contributed by atoms with van der Waals surface area (Å²) in [6.07, 6.45) is 0. The maximum Gasteiger partial charge on any atom is 0.296 e. The average Bonchev–Trinajstić information content (AvgIpc) is 2.25. The van der Waals surface area contributed by atoms with Crippen LogP contribution in [0.2, 0.25) is 0 Å². The van der Waals surface area contributed by atoms with E-state index in [9.17, 15) is 14.9 Å². The van der Waals surface area contributed by atoms with Crippen molar-refractivity contribution in [3.05, 3.63) is 44.4 Å². The van der Waals surface area contributed by atoms with E-state index in [4.69, 9.17) is 0 Å². The van der Waals surface area contributed by atoms with Crippen LogP contribution in [0.3, 0.4) is 0 Å². The van der Waals surface area contributed by atoms with Gasteiger partial charge in [0.2, 0.25) is 0 Å². The molecule has 1 aromatic carbocycles. The number of fused-ring (bicyclic) bond motifs is 1. The number of non-ortho nitro benzene ring substituents is 1. The highest BCUT2D eigenvalue weighted by atomic mass is 16.6. The van der Waals surface area contributed by atoms with Crippen LogP contribution in [0, 0.1) is 17.0 Å². The summed E-state index contributed by atoms with van der Waals surface area (Å²) >= 11 is 0. The van der Waals surface area contributed by atoms with Gasteiger partial charge in [0.1, 0.15) is 5.69 Å². The molecule has 6 heteroatoms. The minimum absolute atomic E-state index is 0.0869. The lowest BCUT2D eigenvalue weighted by Gasteiger charge is -2.05. The van der Waals surface area contributed by atoms with Gasteiger partial charge in [-0.25, -0.2) is 4.98 Å². The number of hydrogen-bond donors (Lipinski definition) is 0. The number of aromatic nitrogens is 2. The zero-order chi connectivity index (χ0) is 11.9. The van der Waals surface area contributed by atoms with E-state index in [0.717, 1.165) is 0 Å². The maximum absolute atomic E-state index is 11.6. The zero-order valence-corrected chi connectivity index (χ0v) is 8.80. The Morgan fingerprint density at radius 3 is 2.75 bits per heavy atom. The highest BCUT2D eigenvalue weighted by Gasteiger charge is 2.15. The predicted molar refractivity (Wildman–Crippen MR) is 58.4 cm³/mol. The number of benzene rings is 1. The Labute approximate surface area is 90.3 Å². The molecule has 16 heavy (non-hydrogen) atoms. The molecular weight excluding hydrogens is 210 g/mol. The summed E-state index contributed by atoms with van der Waals surface area (Å²) in [5.74, 6) is 0. The van der Waals surface area contributed by atoms with Gasteiger partial charge in [-0.2, -0.15) is 0 Å². The predicted octanol–water partition coefficient (Wildman–Crippen LogP) is 1.15. The zero-order valence-electron chi connectivity index (χ0n) is 8.80. The summed E-state index contributed by atoms with van der Waals surface area (Å²) in [5.41, 5.74) is 0.630. The van der Waals surface area contributed by atoms with Crippen molar-refractivity contribution in [2.24, 2.45) is 7.05 Å². The molecule has 0 unspecified atom stereocenters. The Balaban J connectivity index is 3.01. The molecule has 2 rings (SSSR count). The number of hydrogen-bond acceptors (Lipinski definition) is 4. The first-order valence-corrected chi connectivity index (χ1v) is 4.63. The van der Waals surface area contributed by atoms with Gasteiger partial charge in [-0.3, -0.25) is 14.9 Å². The van der Waals surface area contributed by atoms with Crippen LogP contribution in [0.4, 0.5) is 5.69 Å². The van der Waals surface area contributed by atoms with Crippen molar-refractivity contribution in [1.29, 1.82) is 0 Å². The molecule has 0 bridgehead atoms. The molecule has 0 amide bonds. The van der Waals surface area contributed by atoms with E-state index < -0.39 is 4.92 Å². The SMILES string of the molecule is Cc1nc2c([N+](=O)[O-])cccc2n(C)c1=O. The van der Waals surface area contributed by atoms with E-state index in [0.29, 0.717) is 5.52 Å². The Kier molecular flexibility index (Phi) is 2.19. The highest BCUT2D eigenvalue weighted by Crippen LogP contribution is 2.21. The largest absolute Gasteiger partial charge is 0.308 e. The van der Waals surface area contributed by atoms with Crippen LogP contribution in [0.1, 0.15) is 5.69 Å². The van der Waals surface area contributed by atoms with Gasteiger partial charge in [0, 0.05) is 13.1 Å². The first-order valence-electron chi connectivity index (χ1n) is 4.63. The molecule has 0 aliphatic rings. The number of nitrogens with zero attached hydrogens (tertiary/aromatic N) is 3. The van der Waals surface area contributed by atoms with Gasteiger partial charge in [-0.1, -0.05) is 6.07 Å². The van der Waals surface area contributed by atoms with E-state index >= 15 is 0 Å². The third-order valence-corrected chi connectivity index (χ3v) is 2.45. The molecule has 1 heterocycles. The van der Waals surface area contributed by atoms with E-state index in [-0.39, 0.29) is 22.5 Å². The van der Waals surface area contributed by atoms with Crippen LogP contribution in [0.25, 0.3) is 11.0 Å². The lowest BCUT2D eigenvalue weighted by Crippen LogP contribution is -2.21. The van der Waals surface area contributed by atoms with Gasteiger partial charge in [-0.15, -0.1) is 0 Å². The Morgan fingerprint density at radius 1 is 1.44 bits per heavy atom. The van der Waals surface area contributed by atoms with Gasteiger partial charge < -0.3 is 4.57 Å². The number of nitro groups is 1. The summed E-state index contributed by atoms with van der Waals surface area (Å²) in [6.45, 7) is 1.54. The molecule has 0 fully saturated rings. The summed E-state index contributed by atoms with van der Waals surface area (Å²) in [5, 5.41) is 10.8. The quantitative estimate of drug-likeness (QED) is 0.532. The fourth-order valence-corrected chi connectivity index (χ4v) is 1.62. The van der Waals surface area contributed by atoms with Crippen LogP contribution < -0.4 is 5.56 Å². The van der Waals surface area contributed by atoms with Gasteiger partial charge in [0.25, 0.3) is 11.2 Å². The molecule has 1 aromatic heterocycles. The highest BCUT2D eigenvalue weighted by molar-refractivity contribution is 5.84. The molecule has 0 saturated carbocycles. The van der Waals surface area contributed by atoms with Crippen LogP contribution in [-0.2, 0) is 7.05 Å². The fourth-order valence-electron chi connectivity index (χ4n) is 1.62. The van der Waals surface area contributed by atoms with Crippen molar-refractivity contribution in [2.75, 3.05) is 0 Å². The van der Waals surface area contributed by atoms with E-state index in [1.807, 2.05) is 0 Å². The Bertz CT molecular complexity index is 646. The van der Waals surface area contributed by atoms with Gasteiger partial charge in [0.15, 0.2) is 5.52 Å². The molecular formula is C10H9N3O3. The summed E-state index contributed by atoms with van der Waals surface area (Å²) in [4.78, 5) is 25.9. The number of aryl methyl sites for hydroxylation is 2. The molecule has 0 atom stereocenters. The normalized spacial score (nSPS) is 10.6. The Morgan fingerprint density at radius 2 is 2.12 bits per heavy atom. The fraction of sp³-hybridized carbons (Fsp3) is 0.200. The molecule has 0 aliphatic heterocycles. The van der Waals surface area contributed by atoms with Gasteiger partial charge in [0.05, 0.1) is 10.4 Å². The van der Waals surface area contributed by atoms with Crippen molar-refractivity contribution in [3.63, 3.8) is 0 Å². The first kappa shape index (κ1) is 10.3. The van der Waals surface area contributed by atoms with Crippen molar-refractivity contribution in [2.45, 2.75) is 6.92 Å². The molecule has 2 aromatic rings. The van der Waals surface area contributed by atoms with Crippen LogP contribution in [0.15, 0.2) is 23.0 Å². The molecule has 0 saturated heterocycles. The van der Waals surface area contributed by atoms with Crippen molar-refractivity contribution in [3.8, 4) is 0 Å². The van der Waals surface area contributed by atoms with Crippen molar-refractivity contribution < 1.29 is 4.92 Å². The second-order valence-electron chi connectivity index (χ2n) is 3.46. The molecule has 82 valence electrons. The maximum atomic E-state index is 11.6. The van der Waals surface area contributed by atoms with Crippen LogP contribution >= 0.6 is 0 Å². The summed E-state index contributed by atoms with van der Waals surface area (Å²) in [6, 6.07) is 4.55. The topological polar surface area (TPSA) is 78.0 Å². The molecule has 0 spiro atoms. The Hall–Kier alpha value is -2.24. The average molecular weight is 219 g/mol. The number of rotatable bonds is 1. The summed E-state index contributed by atoms with van der Waals surface area (Å²) in [7, 11) is 1.57. The first-order chi connectivity index (χ1) is 7.52. The molecule has 0 N–H and O–H groups in total. The van der Waals surface area contributed by atoms with E-state index in [2.05, 4.69) is 4.98 Å². The standard InChI is InChI=1S/C10H9N3O3/c1-6-10(14)12(2)7-4-3-5-8(13(15)16)9(7)11-6/h3-5H,1-2H3. The lowest BCUT2D eigenvalue weighted by molar-refractivity contribution is -0.383. The number of nitro benzene ring substituents is 1. The van der Waals surface area contributed by atoms with Crippen LogP contribution in [0.5, 0.6) is 0 Å². The second kappa shape index (κ2) is 3.41. The van der Waals surface area contributed by atoms with Crippen molar-refractivity contribution in [1.82, 2.24) is 9.55 Å². The minimum atomic E-state index is -0.501. The molecule has 6 nitrogen and oxygen atoms in total.